The number of carbonyl (C=O) groups is 1. The summed E-state index contributed by atoms with van der Waals surface area (Å²) in [5, 5.41) is 9.90. The van der Waals surface area contributed by atoms with E-state index in [0.717, 1.165) is 33.3 Å². The van der Waals surface area contributed by atoms with Crippen molar-refractivity contribution in [2.24, 2.45) is 11.0 Å². The summed E-state index contributed by atoms with van der Waals surface area (Å²) in [6.07, 6.45) is 5.63. The number of carbonyl (C=O) groups excluding carboxylic acids is 1. The highest BCUT2D eigenvalue weighted by Crippen LogP contribution is 2.26. The van der Waals surface area contributed by atoms with Gasteiger partial charge in [0.2, 0.25) is 4.96 Å². The summed E-state index contributed by atoms with van der Waals surface area (Å²) < 4.78 is 1.80. The molecule has 1 aromatic carbocycles. The Morgan fingerprint density at radius 1 is 1.21 bits per heavy atom. The second-order valence-electron chi connectivity index (χ2n) is 6.93. The number of hydrogen-bond donors (Lipinski definition) is 1. The zero-order chi connectivity index (χ0) is 20.2. The summed E-state index contributed by atoms with van der Waals surface area (Å²) in [5.74, 6) is 0.209. The third-order valence-corrected chi connectivity index (χ3v) is 5.14. The van der Waals surface area contributed by atoms with Crippen LogP contribution in [0.1, 0.15) is 34.9 Å². The molecule has 0 radical (unpaired) electrons. The maximum absolute atomic E-state index is 12.2. The van der Waals surface area contributed by atoms with Gasteiger partial charge < -0.3 is 0 Å². The van der Waals surface area contributed by atoms with Gasteiger partial charge in [-0.25, -0.2) is 14.9 Å². The van der Waals surface area contributed by atoms with Gasteiger partial charge in [0.05, 0.1) is 6.21 Å². The van der Waals surface area contributed by atoms with E-state index in [2.05, 4.69) is 29.4 Å². The van der Waals surface area contributed by atoms with E-state index >= 15 is 0 Å². The second kappa shape index (κ2) is 8.32. The average Bonchev–Trinajstić information content (AvgIpc) is 3.26. The van der Waals surface area contributed by atoms with Gasteiger partial charge >= 0.3 is 0 Å². The Bertz CT molecular complexity index is 1150. The van der Waals surface area contributed by atoms with E-state index in [4.69, 9.17) is 10.1 Å². The fourth-order valence-electron chi connectivity index (χ4n) is 2.88. The number of nitrogens with zero attached hydrogens (tertiary/aromatic N) is 5. The topological polar surface area (TPSA) is 84.5 Å². The molecule has 146 valence electrons. The number of rotatable bonds is 6. The lowest BCUT2D eigenvalue weighted by Gasteiger charge is -2.01. The molecule has 0 bridgehead atoms. The van der Waals surface area contributed by atoms with Crippen LogP contribution in [0.2, 0.25) is 0 Å². The Hall–Kier alpha value is -3.39. The summed E-state index contributed by atoms with van der Waals surface area (Å²) in [4.78, 5) is 21.7. The Kier molecular flexibility index (Phi) is 5.44. The maximum atomic E-state index is 12.2. The minimum atomic E-state index is -0.301. The van der Waals surface area contributed by atoms with Crippen LogP contribution in [-0.4, -0.2) is 31.7 Å². The van der Waals surface area contributed by atoms with Crippen LogP contribution in [0, 0.1) is 5.92 Å². The molecule has 0 atom stereocenters. The molecule has 0 aliphatic heterocycles. The van der Waals surface area contributed by atoms with Crippen molar-refractivity contribution >= 4 is 28.4 Å². The third kappa shape index (κ3) is 4.22. The van der Waals surface area contributed by atoms with Gasteiger partial charge in [-0.3, -0.25) is 9.78 Å². The van der Waals surface area contributed by atoms with Gasteiger partial charge in [0.25, 0.3) is 5.91 Å². The number of imidazole rings is 1. The molecular weight excluding hydrogens is 384 g/mol. The van der Waals surface area contributed by atoms with Crippen LogP contribution in [0.5, 0.6) is 0 Å². The van der Waals surface area contributed by atoms with Crippen LogP contribution in [0.3, 0.4) is 0 Å². The molecule has 1 N–H and O–H groups in total. The van der Waals surface area contributed by atoms with Crippen molar-refractivity contribution in [3.05, 3.63) is 71.1 Å². The monoisotopic (exact) mass is 404 g/mol. The molecule has 0 saturated heterocycles. The zero-order valence-electron chi connectivity index (χ0n) is 16.1. The molecule has 3 aromatic heterocycles. The second-order valence-corrected chi connectivity index (χ2v) is 7.98. The Labute approximate surface area is 172 Å². The first kappa shape index (κ1) is 18.9. The summed E-state index contributed by atoms with van der Waals surface area (Å²) in [5.41, 5.74) is 5.53. The maximum Gasteiger partial charge on any atom is 0.271 e. The normalized spacial score (nSPS) is 11.6. The lowest BCUT2D eigenvalue weighted by atomic mass is 10.1. The summed E-state index contributed by atoms with van der Waals surface area (Å²) in [6.45, 7) is 4.33. The number of fused-ring (bicyclic) bond motifs is 1. The van der Waals surface area contributed by atoms with E-state index < -0.39 is 0 Å². The Balaban J connectivity index is 1.68. The van der Waals surface area contributed by atoms with Crippen molar-refractivity contribution in [2.45, 2.75) is 20.3 Å². The van der Waals surface area contributed by atoms with Crippen LogP contribution in [0.15, 0.2) is 60.0 Å². The number of amides is 1. The highest BCUT2D eigenvalue weighted by molar-refractivity contribution is 7.16. The van der Waals surface area contributed by atoms with Crippen molar-refractivity contribution in [2.75, 3.05) is 0 Å². The predicted molar refractivity (Wildman–Crippen MR) is 114 cm³/mol. The Morgan fingerprint density at radius 3 is 2.69 bits per heavy atom. The molecule has 7 nitrogen and oxygen atoms in total. The molecule has 0 fully saturated rings. The van der Waals surface area contributed by atoms with Crippen LogP contribution >= 0.6 is 11.3 Å². The minimum Gasteiger partial charge on any atom is -0.267 e. The van der Waals surface area contributed by atoms with Crippen molar-refractivity contribution in [1.82, 2.24) is 25.0 Å². The van der Waals surface area contributed by atoms with Crippen molar-refractivity contribution in [1.29, 1.82) is 0 Å². The van der Waals surface area contributed by atoms with E-state index in [9.17, 15) is 4.79 Å². The van der Waals surface area contributed by atoms with E-state index in [1.165, 1.54) is 0 Å². The van der Waals surface area contributed by atoms with E-state index in [-0.39, 0.29) is 5.91 Å². The molecule has 4 aromatic rings. The highest BCUT2D eigenvalue weighted by atomic mass is 32.1. The lowest BCUT2D eigenvalue weighted by Crippen LogP contribution is -2.17. The SMILES string of the molecule is CC(C)Cc1nn2c(/C=N\NC(=O)c3ccncc3)c(-c3ccccc3)nc2s1. The standard InChI is InChI=1S/C21H20N6OS/c1-14(2)12-18-26-27-17(13-23-25-20(28)16-8-10-22-11-9-16)19(24-21(27)29-18)15-6-4-3-5-7-15/h3-11,13-14H,12H2,1-2H3,(H,25,28)/b23-13-. The fourth-order valence-corrected chi connectivity index (χ4v) is 3.99. The number of benzene rings is 1. The van der Waals surface area contributed by atoms with Crippen LogP contribution < -0.4 is 5.43 Å². The molecule has 0 unspecified atom stereocenters. The molecular formula is C21H20N6OS. The third-order valence-electron chi connectivity index (χ3n) is 4.21. The van der Waals surface area contributed by atoms with Gasteiger partial charge in [0.15, 0.2) is 0 Å². The van der Waals surface area contributed by atoms with Crippen molar-refractivity contribution in [3.63, 3.8) is 0 Å². The largest absolute Gasteiger partial charge is 0.271 e. The molecule has 29 heavy (non-hydrogen) atoms. The lowest BCUT2D eigenvalue weighted by molar-refractivity contribution is 0.0955. The molecule has 4 rings (SSSR count). The predicted octanol–water partition coefficient (Wildman–Crippen LogP) is 3.82. The number of nitrogens with one attached hydrogen (secondary N) is 1. The number of aromatic nitrogens is 4. The molecule has 0 aliphatic carbocycles. The summed E-state index contributed by atoms with van der Waals surface area (Å²) in [7, 11) is 0. The first-order valence-electron chi connectivity index (χ1n) is 9.29. The zero-order valence-corrected chi connectivity index (χ0v) is 16.9. The quantitative estimate of drug-likeness (QED) is 0.391. The molecule has 0 aliphatic rings. The van der Waals surface area contributed by atoms with E-state index in [0.29, 0.717) is 11.5 Å². The van der Waals surface area contributed by atoms with E-state index in [1.807, 2.05) is 30.3 Å². The Morgan fingerprint density at radius 2 is 1.97 bits per heavy atom. The highest BCUT2D eigenvalue weighted by Gasteiger charge is 2.17. The van der Waals surface area contributed by atoms with Crippen molar-refractivity contribution in [3.8, 4) is 11.3 Å². The van der Waals surface area contributed by atoms with Gasteiger partial charge in [-0.2, -0.15) is 10.2 Å². The molecule has 3 heterocycles. The smallest absolute Gasteiger partial charge is 0.267 e. The van der Waals surface area contributed by atoms with Crippen LogP contribution in [0.4, 0.5) is 0 Å². The fraction of sp³-hybridized carbons (Fsp3) is 0.190. The van der Waals surface area contributed by atoms with Crippen LogP contribution in [-0.2, 0) is 6.42 Å². The van der Waals surface area contributed by atoms with Gasteiger partial charge in [-0.15, -0.1) is 0 Å². The van der Waals surface area contributed by atoms with Gasteiger partial charge in [-0.05, 0) is 18.1 Å². The molecule has 0 spiro atoms. The molecule has 8 heteroatoms. The molecule has 0 saturated carbocycles. The van der Waals surface area contributed by atoms with Gasteiger partial charge in [-0.1, -0.05) is 55.5 Å². The van der Waals surface area contributed by atoms with Gasteiger partial charge in [0.1, 0.15) is 16.4 Å². The van der Waals surface area contributed by atoms with Crippen LogP contribution in [0.25, 0.3) is 16.2 Å². The molecule has 1 amide bonds. The first-order chi connectivity index (χ1) is 14.1. The number of hydrogen-bond acceptors (Lipinski definition) is 6. The average molecular weight is 404 g/mol. The summed E-state index contributed by atoms with van der Waals surface area (Å²) in [6, 6.07) is 13.1. The number of hydrazone groups is 1. The van der Waals surface area contributed by atoms with Crippen molar-refractivity contribution < 1.29 is 4.79 Å². The van der Waals surface area contributed by atoms with Gasteiger partial charge in [0, 0.05) is 29.9 Å². The summed E-state index contributed by atoms with van der Waals surface area (Å²) >= 11 is 1.58. The minimum absolute atomic E-state index is 0.301. The van der Waals surface area contributed by atoms with E-state index in [1.54, 1.807) is 46.6 Å². The number of pyridine rings is 1. The first-order valence-corrected chi connectivity index (χ1v) is 10.1.